The van der Waals surface area contributed by atoms with Gasteiger partial charge in [0.05, 0.1) is 11.8 Å². The fourth-order valence-electron chi connectivity index (χ4n) is 2.60. The zero-order chi connectivity index (χ0) is 15.0. The Labute approximate surface area is 132 Å². The number of benzene rings is 1. The lowest BCUT2D eigenvalue weighted by atomic mass is 10.2. The largest absolute Gasteiger partial charge is 0.397 e. The maximum absolute atomic E-state index is 12.6. The molecule has 6 heteroatoms. The van der Waals surface area contributed by atoms with Crippen molar-refractivity contribution in [1.29, 1.82) is 0 Å². The predicted molar refractivity (Wildman–Crippen MR) is 87.2 cm³/mol. The molecule has 1 saturated heterocycles. The number of likely N-dealkylation sites (N-methyl/N-ethyl adjacent to an activating group) is 1. The summed E-state index contributed by atoms with van der Waals surface area (Å²) >= 11 is 7.40. The molecule has 1 aromatic carbocycles. The number of anilines is 1. The third-order valence-corrected chi connectivity index (χ3v) is 5.14. The minimum atomic E-state index is -0.0553. The Kier molecular flexibility index (Phi) is 4.06. The SMILES string of the molecule is CN(CC1CCCO1)C(=O)c1sc2ccc(Cl)cc2c1N. The lowest BCUT2D eigenvalue weighted by Crippen LogP contribution is -2.33. The number of nitrogens with zero attached hydrogens (tertiary/aromatic N) is 1. The lowest BCUT2D eigenvalue weighted by molar-refractivity contribution is 0.0591. The van der Waals surface area contributed by atoms with Crippen LogP contribution < -0.4 is 5.73 Å². The molecule has 0 radical (unpaired) electrons. The van der Waals surface area contributed by atoms with E-state index in [9.17, 15) is 4.79 Å². The van der Waals surface area contributed by atoms with Crippen LogP contribution >= 0.6 is 22.9 Å². The molecule has 4 nitrogen and oxygen atoms in total. The van der Waals surface area contributed by atoms with Gasteiger partial charge in [-0.25, -0.2) is 0 Å². The van der Waals surface area contributed by atoms with Gasteiger partial charge in [-0.1, -0.05) is 11.6 Å². The number of hydrogen-bond donors (Lipinski definition) is 1. The molecule has 1 atom stereocenters. The summed E-state index contributed by atoms with van der Waals surface area (Å²) in [7, 11) is 1.79. The minimum Gasteiger partial charge on any atom is -0.397 e. The highest BCUT2D eigenvalue weighted by Gasteiger charge is 2.24. The van der Waals surface area contributed by atoms with E-state index in [2.05, 4.69) is 0 Å². The van der Waals surface area contributed by atoms with E-state index in [0.717, 1.165) is 29.5 Å². The number of halogens is 1. The van der Waals surface area contributed by atoms with Gasteiger partial charge >= 0.3 is 0 Å². The van der Waals surface area contributed by atoms with Crippen LogP contribution in [0.2, 0.25) is 5.02 Å². The van der Waals surface area contributed by atoms with Crippen LogP contribution in [0.15, 0.2) is 18.2 Å². The summed E-state index contributed by atoms with van der Waals surface area (Å²) in [6, 6.07) is 5.51. The van der Waals surface area contributed by atoms with Crippen molar-refractivity contribution in [2.75, 3.05) is 25.9 Å². The molecule has 1 aromatic heterocycles. The van der Waals surface area contributed by atoms with Crippen molar-refractivity contribution in [1.82, 2.24) is 4.90 Å². The molecule has 1 aliphatic rings. The zero-order valence-electron chi connectivity index (χ0n) is 11.8. The molecule has 1 fully saturated rings. The Hall–Kier alpha value is -1.30. The number of ether oxygens (including phenoxy) is 1. The molecule has 0 aliphatic carbocycles. The van der Waals surface area contributed by atoms with Gasteiger partial charge in [0.15, 0.2) is 0 Å². The second kappa shape index (κ2) is 5.83. The summed E-state index contributed by atoms with van der Waals surface area (Å²) in [6.45, 7) is 1.39. The van der Waals surface area contributed by atoms with Crippen molar-refractivity contribution < 1.29 is 9.53 Å². The summed E-state index contributed by atoms with van der Waals surface area (Å²) in [5.74, 6) is -0.0553. The van der Waals surface area contributed by atoms with Crippen molar-refractivity contribution in [3.05, 3.63) is 28.1 Å². The Balaban J connectivity index is 1.85. The zero-order valence-corrected chi connectivity index (χ0v) is 13.3. The number of hydrogen-bond acceptors (Lipinski definition) is 4. The summed E-state index contributed by atoms with van der Waals surface area (Å²) in [6.07, 6.45) is 2.22. The molecule has 112 valence electrons. The molecule has 0 saturated carbocycles. The summed E-state index contributed by atoms with van der Waals surface area (Å²) in [4.78, 5) is 14.8. The predicted octanol–water partition coefficient (Wildman–Crippen LogP) is 3.39. The number of carbonyl (C=O) groups excluding carboxylic acids is 1. The van der Waals surface area contributed by atoms with Crippen molar-refractivity contribution in [2.45, 2.75) is 18.9 Å². The normalized spacial score (nSPS) is 18.3. The number of fused-ring (bicyclic) bond motifs is 1. The first-order chi connectivity index (χ1) is 10.1. The maximum atomic E-state index is 12.6. The van der Waals surface area contributed by atoms with Crippen molar-refractivity contribution in [2.24, 2.45) is 0 Å². The highest BCUT2D eigenvalue weighted by atomic mass is 35.5. The van der Waals surface area contributed by atoms with E-state index >= 15 is 0 Å². The van der Waals surface area contributed by atoms with Gasteiger partial charge in [0.1, 0.15) is 4.88 Å². The number of thiophene rings is 1. The van der Waals surface area contributed by atoms with Crippen LogP contribution in [0, 0.1) is 0 Å². The van der Waals surface area contributed by atoms with E-state index < -0.39 is 0 Å². The van der Waals surface area contributed by atoms with Crippen LogP contribution in [-0.4, -0.2) is 37.1 Å². The summed E-state index contributed by atoms with van der Waals surface area (Å²) in [5, 5.41) is 1.47. The van der Waals surface area contributed by atoms with Gasteiger partial charge in [-0.2, -0.15) is 0 Å². The molecule has 2 heterocycles. The van der Waals surface area contributed by atoms with Crippen LogP contribution in [0.1, 0.15) is 22.5 Å². The van der Waals surface area contributed by atoms with Gasteiger partial charge in [0.25, 0.3) is 5.91 Å². The van der Waals surface area contributed by atoms with Gasteiger partial charge in [0, 0.05) is 35.3 Å². The smallest absolute Gasteiger partial charge is 0.265 e. The molecule has 0 bridgehead atoms. The Morgan fingerprint density at radius 3 is 3.10 bits per heavy atom. The third kappa shape index (κ3) is 2.86. The number of nitrogen functional groups attached to an aromatic ring is 1. The highest BCUT2D eigenvalue weighted by Crippen LogP contribution is 2.35. The topological polar surface area (TPSA) is 55.6 Å². The van der Waals surface area contributed by atoms with Crippen LogP contribution in [0.4, 0.5) is 5.69 Å². The van der Waals surface area contributed by atoms with Crippen LogP contribution in [0.3, 0.4) is 0 Å². The summed E-state index contributed by atoms with van der Waals surface area (Å²) < 4.78 is 6.55. The van der Waals surface area contributed by atoms with Gasteiger partial charge in [0.2, 0.25) is 0 Å². The molecule has 2 aromatic rings. The van der Waals surface area contributed by atoms with E-state index in [1.54, 1.807) is 18.0 Å². The maximum Gasteiger partial charge on any atom is 0.265 e. The van der Waals surface area contributed by atoms with Crippen LogP contribution in [-0.2, 0) is 4.74 Å². The number of amides is 1. The standard InChI is InChI=1S/C15H17ClN2O2S/c1-18(8-10-3-2-6-20-10)15(19)14-13(17)11-7-9(16)4-5-12(11)21-14/h4-5,7,10H,2-3,6,8,17H2,1H3. The molecule has 3 rings (SSSR count). The first-order valence-electron chi connectivity index (χ1n) is 6.91. The van der Waals surface area contributed by atoms with Crippen LogP contribution in [0.5, 0.6) is 0 Å². The Morgan fingerprint density at radius 1 is 1.57 bits per heavy atom. The fourth-order valence-corrected chi connectivity index (χ4v) is 3.87. The molecule has 2 N–H and O–H groups in total. The molecular formula is C15H17ClN2O2S. The van der Waals surface area contributed by atoms with Crippen LogP contribution in [0.25, 0.3) is 10.1 Å². The number of rotatable bonds is 3. The second-order valence-electron chi connectivity index (χ2n) is 5.31. The molecule has 1 unspecified atom stereocenters. The average Bonchev–Trinajstić information content (AvgIpc) is 3.07. The molecule has 0 spiro atoms. The lowest BCUT2D eigenvalue weighted by Gasteiger charge is -2.20. The monoisotopic (exact) mass is 324 g/mol. The molecule has 1 aliphatic heterocycles. The van der Waals surface area contributed by atoms with E-state index in [1.165, 1.54) is 11.3 Å². The van der Waals surface area contributed by atoms with E-state index in [0.29, 0.717) is 22.1 Å². The first kappa shape index (κ1) is 14.6. The molecular weight excluding hydrogens is 308 g/mol. The molecule has 1 amide bonds. The fraction of sp³-hybridized carbons (Fsp3) is 0.400. The van der Waals surface area contributed by atoms with Crippen molar-refractivity contribution in [3.8, 4) is 0 Å². The highest BCUT2D eigenvalue weighted by molar-refractivity contribution is 7.21. The third-order valence-electron chi connectivity index (χ3n) is 3.73. The Bertz CT molecular complexity index is 680. The Morgan fingerprint density at radius 2 is 2.38 bits per heavy atom. The van der Waals surface area contributed by atoms with E-state index in [4.69, 9.17) is 22.1 Å². The average molecular weight is 325 g/mol. The van der Waals surface area contributed by atoms with Crippen molar-refractivity contribution in [3.63, 3.8) is 0 Å². The quantitative estimate of drug-likeness (QED) is 0.941. The number of nitrogens with two attached hydrogens (primary N) is 1. The first-order valence-corrected chi connectivity index (χ1v) is 8.10. The van der Waals surface area contributed by atoms with Gasteiger partial charge in [-0.05, 0) is 31.0 Å². The van der Waals surface area contributed by atoms with E-state index in [1.807, 2.05) is 12.1 Å². The van der Waals surface area contributed by atoms with Crippen molar-refractivity contribution >= 4 is 44.6 Å². The van der Waals surface area contributed by atoms with Gasteiger partial charge in [-0.3, -0.25) is 4.79 Å². The summed E-state index contributed by atoms with van der Waals surface area (Å²) in [5.41, 5.74) is 6.64. The van der Waals surface area contributed by atoms with E-state index in [-0.39, 0.29) is 12.0 Å². The van der Waals surface area contributed by atoms with Gasteiger partial charge in [-0.15, -0.1) is 11.3 Å². The molecule has 21 heavy (non-hydrogen) atoms. The van der Waals surface area contributed by atoms with Gasteiger partial charge < -0.3 is 15.4 Å². The number of carbonyl (C=O) groups is 1. The second-order valence-corrected chi connectivity index (χ2v) is 6.79. The minimum absolute atomic E-state index is 0.0553.